The van der Waals surface area contributed by atoms with Gasteiger partial charge in [0, 0.05) is 24.2 Å². The maximum Gasteiger partial charge on any atom is 0.338 e. The maximum atomic E-state index is 13.1. The third-order valence-corrected chi connectivity index (χ3v) is 6.53. The summed E-state index contributed by atoms with van der Waals surface area (Å²) in [5, 5.41) is 6.38. The number of nitrogens with zero attached hydrogens (tertiary/aromatic N) is 2. The predicted molar refractivity (Wildman–Crippen MR) is 121 cm³/mol. The molecule has 2 bridgehead atoms. The number of hydrazine groups is 1. The lowest BCUT2D eigenvalue weighted by atomic mass is 10.1. The van der Waals surface area contributed by atoms with Gasteiger partial charge >= 0.3 is 6.03 Å². The first-order valence-electron chi connectivity index (χ1n) is 10.6. The van der Waals surface area contributed by atoms with Gasteiger partial charge in [-0.15, -0.1) is 11.8 Å². The molecule has 0 unspecified atom stereocenters. The molecule has 4 atom stereocenters. The minimum atomic E-state index is -0.681. The lowest BCUT2D eigenvalue weighted by Crippen LogP contribution is -2.59. The number of anilines is 1. The van der Waals surface area contributed by atoms with E-state index in [1.54, 1.807) is 16.8 Å². The second-order valence-electron chi connectivity index (χ2n) is 8.55. The number of carbonyl (C=O) groups excluding carboxylic acids is 1. The molecule has 2 aromatic rings. The molecule has 3 heterocycles. The number of likely N-dealkylation sites (N-methyl/N-ethyl adjacent to an activating group) is 1. The summed E-state index contributed by atoms with van der Waals surface area (Å²) < 4.78 is 24.0. The first kappa shape index (κ1) is 21.5. The summed E-state index contributed by atoms with van der Waals surface area (Å²) in [6.07, 6.45) is 0.880. The number of urea groups is 1. The lowest BCUT2D eigenvalue weighted by Gasteiger charge is -2.42. The fraction of sp³-hybridized carbons (Fsp3) is 0.435. The van der Waals surface area contributed by atoms with Crippen molar-refractivity contribution in [3.63, 3.8) is 0 Å². The number of amides is 2. The number of hydrogen-bond donors (Lipinski definition) is 1. The quantitative estimate of drug-likeness (QED) is 0.692. The van der Waals surface area contributed by atoms with E-state index in [-0.39, 0.29) is 24.3 Å². The van der Waals surface area contributed by atoms with Crippen LogP contribution in [0.5, 0.6) is 11.5 Å². The van der Waals surface area contributed by atoms with Crippen LogP contribution in [-0.4, -0.2) is 66.2 Å². The van der Waals surface area contributed by atoms with Crippen LogP contribution in [0.1, 0.15) is 13.8 Å². The van der Waals surface area contributed by atoms with E-state index in [1.165, 1.54) is 4.90 Å². The zero-order valence-corrected chi connectivity index (χ0v) is 19.3. The van der Waals surface area contributed by atoms with Gasteiger partial charge in [0.25, 0.3) is 0 Å². The Morgan fingerprint density at radius 2 is 1.69 bits per heavy atom. The van der Waals surface area contributed by atoms with Crippen molar-refractivity contribution in [1.82, 2.24) is 10.0 Å². The lowest BCUT2D eigenvalue weighted by molar-refractivity contribution is -0.247. The molecule has 5 rings (SSSR count). The Balaban J connectivity index is 1.24. The van der Waals surface area contributed by atoms with Crippen molar-refractivity contribution in [1.29, 1.82) is 0 Å². The standard InChI is InChI=1S/C23H27N3O5S/c1-23(2)30-19-18-13-25(3)26(21(29-18)20(19)31-23)22(27)24-14-5-7-15(8-6-14)28-16-9-11-17(32-4)12-10-16/h5-12,18-21H,13H2,1-4H3,(H,24,27)/t18-,19-,20-,21-/m1/s1. The molecule has 0 spiro atoms. The summed E-state index contributed by atoms with van der Waals surface area (Å²) in [5.41, 5.74) is 0.661. The SMILES string of the molecule is CSc1ccc(Oc2ccc(NC(=O)N3[C@@H]4O[C@H](CN3C)[C@H]3OC(C)(C)O[C@H]34)cc2)cc1. The Hall–Kier alpha value is -2.30. The van der Waals surface area contributed by atoms with Gasteiger partial charge in [-0.1, -0.05) is 0 Å². The smallest absolute Gasteiger partial charge is 0.338 e. The van der Waals surface area contributed by atoms with Crippen molar-refractivity contribution >= 4 is 23.5 Å². The van der Waals surface area contributed by atoms with Gasteiger partial charge in [0.1, 0.15) is 29.8 Å². The molecule has 0 aliphatic carbocycles. The van der Waals surface area contributed by atoms with Gasteiger partial charge in [0.2, 0.25) is 0 Å². The highest BCUT2D eigenvalue weighted by Gasteiger charge is 2.61. The number of ether oxygens (including phenoxy) is 4. The van der Waals surface area contributed by atoms with Crippen LogP contribution in [-0.2, 0) is 14.2 Å². The number of rotatable bonds is 4. The largest absolute Gasteiger partial charge is 0.457 e. The number of thioether (sulfide) groups is 1. The zero-order valence-electron chi connectivity index (χ0n) is 18.5. The summed E-state index contributed by atoms with van der Waals surface area (Å²) in [5.74, 6) is 0.774. The highest BCUT2D eigenvalue weighted by atomic mass is 32.2. The van der Waals surface area contributed by atoms with Crippen LogP contribution < -0.4 is 10.1 Å². The van der Waals surface area contributed by atoms with Crippen LogP contribution >= 0.6 is 11.8 Å². The topological polar surface area (TPSA) is 72.5 Å². The summed E-state index contributed by atoms with van der Waals surface area (Å²) in [6.45, 7) is 4.32. The van der Waals surface area contributed by atoms with Crippen LogP contribution in [0.2, 0.25) is 0 Å². The molecule has 0 radical (unpaired) electrons. The van der Waals surface area contributed by atoms with Crippen molar-refractivity contribution in [2.24, 2.45) is 0 Å². The summed E-state index contributed by atoms with van der Waals surface area (Å²) in [4.78, 5) is 14.3. The van der Waals surface area contributed by atoms with E-state index in [2.05, 4.69) is 5.32 Å². The van der Waals surface area contributed by atoms with E-state index >= 15 is 0 Å². The molecule has 0 aromatic heterocycles. The van der Waals surface area contributed by atoms with Gasteiger partial charge in [0.15, 0.2) is 12.0 Å². The van der Waals surface area contributed by atoms with Crippen molar-refractivity contribution in [3.8, 4) is 11.5 Å². The minimum absolute atomic E-state index is 0.123. The van der Waals surface area contributed by atoms with Gasteiger partial charge < -0.3 is 24.3 Å². The molecule has 9 heteroatoms. The first-order chi connectivity index (χ1) is 15.3. The molecule has 8 nitrogen and oxygen atoms in total. The van der Waals surface area contributed by atoms with E-state index in [0.29, 0.717) is 18.0 Å². The Kier molecular flexibility index (Phi) is 5.55. The van der Waals surface area contributed by atoms with Gasteiger partial charge in [-0.05, 0) is 68.6 Å². The molecular formula is C23H27N3O5S. The fourth-order valence-corrected chi connectivity index (χ4v) is 4.79. The number of fused-ring (bicyclic) bond motifs is 5. The van der Waals surface area contributed by atoms with Crippen molar-refractivity contribution in [2.45, 2.75) is 49.1 Å². The Bertz CT molecular complexity index is 982. The molecule has 2 aromatic carbocycles. The van der Waals surface area contributed by atoms with Crippen molar-refractivity contribution in [3.05, 3.63) is 48.5 Å². The van der Waals surface area contributed by atoms with Gasteiger partial charge in [0.05, 0.1) is 0 Å². The molecular weight excluding hydrogens is 430 g/mol. The molecule has 2 amide bonds. The number of nitrogens with one attached hydrogen (secondary N) is 1. The van der Waals surface area contributed by atoms with E-state index in [4.69, 9.17) is 18.9 Å². The van der Waals surface area contributed by atoms with E-state index in [0.717, 1.165) is 5.75 Å². The summed E-state index contributed by atoms with van der Waals surface area (Å²) >= 11 is 1.69. The van der Waals surface area contributed by atoms with Crippen molar-refractivity contribution < 1.29 is 23.7 Å². The molecule has 3 fully saturated rings. The van der Waals surface area contributed by atoms with E-state index < -0.39 is 12.0 Å². The summed E-state index contributed by atoms with van der Waals surface area (Å²) in [7, 11) is 1.87. The minimum Gasteiger partial charge on any atom is -0.457 e. The third-order valence-electron chi connectivity index (χ3n) is 5.79. The van der Waals surface area contributed by atoms with Crippen LogP contribution in [0.3, 0.4) is 0 Å². The molecule has 170 valence electrons. The second-order valence-corrected chi connectivity index (χ2v) is 9.43. The van der Waals surface area contributed by atoms with Gasteiger partial charge in [-0.2, -0.15) is 0 Å². The monoisotopic (exact) mass is 457 g/mol. The Labute approximate surface area is 191 Å². The Morgan fingerprint density at radius 3 is 2.34 bits per heavy atom. The Morgan fingerprint density at radius 1 is 1.06 bits per heavy atom. The van der Waals surface area contributed by atoms with Gasteiger partial charge in [-0.3, -0.25) is 0 Å². The highest BCUT2D eigenvalue weighted by molar-refractivity contribution is 7.98. The number of carbonyl (C=O) groups is 1. The average molecular weight is 458 g/mol. The summed E-state index contributed by atoms with van der Waals surface area (Å²) in [6, 6.07) is 14.9. The van der Waals surface area contributed by atoms with E-state index in [1.807, 2.05) is 80.7 Å². The first-order valence-corrected chi connectivity index (χ1v) is 11.8. The van der Waals surface area contributed by atoms with Crippen molar-refractivity contribution in [2.75, 3.05) is 25.2 Å². The predicted octanol–water partition coefficient (Wildman–Crippen LogP) is 4.14. The molecule has 0 saturated carbocycles. The second kappa shape index (κ2) is 8.24. The average Bonchev–Trinajstić information content (AvgIpc) is 3.22. The number of benzene rings is 2. The molecule has 3 aliphatic heterocycles. The highest BCUT2D eigenvalue weighted by Crippen LogP contribution is 2.42. The van der Waals surface area contributed by atoms with Crippen LogP contribution in [0.25, 0.3) is 0 Å². The zero-order chi connectivity index (χ0) is 22.5. The van der Waals surface area contributed by atoms with Crippen LogP contribution in [0.4, 0.5) is 10.5 Å². The maximum absolute atomic E-state index is 13.1. The van der Waals surface area contributed by atoms with Crippen LogP contribution in [0, 0.1) is 0 Å². The molecule has 3 saturated heterocycles. The third kappa shape index (κ3) is 4.06. The van der Waals surface area contributed by atoms with E-state index in [9.17, 15) is 4.79 Å². The molecule has 3 aliphatic rings. The molecule has 32 heavy (non-hydrogen) atoms. The normalized spacial score (nSPS) is 28.4. The number of hydrogen-bond acceptors (Lipinski definition) is 7. The molecule has 1 N–H and O–H groups in total. The fourth-order valence-electron chi connectivity index (χ4n) is 4.38. The van der Waals surface area contributed by atoms with Crippen LogP contribution in [0.15, 0.2) is 53.4 Å². The van der Waals surface area contributed by atoms with Gasteiger partial charge in [-0.25, -0.2) is 14.8 Å².